The van der Waals surface area contributed by atoms with Gasteiger partial charge in [0.1, 0.15) is 6.10 Å². The summed E-state index contributed by atoms with van der Waals surface area (Å²) in [5, 5.41) is 2.63. The number of aromatic nitrogens is 3. The highest BCUT2D eigenvalue weighted by Gasteiger charge is 2.18. The Labute approximate surface area is 126 Å². The van der Waals surface area contributed by atoms with Gasteiger partial charge in [-0.2, -0.15) is 11.8 Å². The number of thioether (sulfide) groups is 1. The average Bonchev–Trinajstić information content (AvgIpc) is 3.01. The van der Waals surface area contributed by atoms with Gasteiger partial charge in [0, 0.05) is 36.0 Å². The Balaban J connectivity index is 1.68. The highest BCUT2D eigenvalue weighted by Crippen LogP contribution is 2.22. The van der Waals surface area contributed by atoms with Gasteiger partial charge >= 0.3 is 0 Å². The molecule has 0 aromatic carbocycles. The van der Waals surface area contributed by atoms with Gasteiger partial charge in [-0.1, -0.05) is 0 Å². The van der Waals surface area contributed by atoms with Crippen LogP contribution < -0.4 is 10.1 Å². The van der Waals surface area contributed by atoms with Crippen LogP contribution in [0.5, 0.6) is 5.88 Å². The topological polar surface area (TPSA) is 77.0 Å². The van der Waals surface area contributed by atoms with Gasteiger partial charge in [0.2, 0.25) is 11.8 Å². The summed E-state index contributed by atoms with van der Waals surface area (Å²) in [5.74, 6) is 2.54. The fourth-order valence-corrected chi connectivity index (χ4v) is 3.02. The molecule has 1 amide bonds. The van der Waals surface area contributed by atoms with E-state index < -0.39 is 0 Å². The van der Waals surface area contributed by atoms with E-state index in [0.29, 0.717) is 11.4 Å². The molecule has 1 atom stereocenters. The Bertz CT molecular complexity index is 617. The molecule has 1 fully saturated rings. The van der Waals surface area contributed by atoms with Crippen LogP contribution in [0.1, 0.15) is 16.8 Å². The summed E-state index contributed by atoms with van der Waals surface area (Å²) >= 11 is 1.87. The van der Waals surface area contributed by atoms with Crippen LogP contribution in [0.2, 0.25) is 0 Å². The summed E-state index contributed by atoms with van der Waals surface area (Å²) in [4.78, 5) is 24.2. The fourth-order valence-electron chi connectivity index (χ4n) is 1.93. The van der Waals surface area contributed by atoms with Gasteiger partial charge in [0.05, 0.1) is 0 Å². The number of hydrogen-bond donors (Lipinski definition) is 1. The number of carbonyl (C=O) groups is 1. The van der Waals surface area contributed by atoms with Crippen molar-refractivity contribution < 1.29 is 9.53 Å². The molecule has 21 heavy (non-hydrogen) atoms. The van der Waals surface area contributed by atoms with Gasteiger partial charge in [0.15, 0.2) is 0 Å². The van der Waals surface area contributed by atoms with Gasteiger partial charge in [-0.3, -0.25) is 10.1 Å². The lowest BCUT2D eigenvalue weighted by atomic mass is 10.2. The summed E-state index contributed by atoms with van der Waals surface area (Å²) in [6.45, 7) is 0. The number of amides is 1. The van der Waals surface area contributed by atoms with E-state index in [4.69, 9.17) is 4.74 Å². The van der Waals surface area contributed by atoms with Gasteiger partial charge < -0.3 is 4.74 Å². The van der Waals surface area contributed by atoms with E-state index in [2.05, 4.69) is 20.3 Å². The van der Waals surface area contributed by atoms with E-state index in [-0.39, 0.29) is 18.0 Å². The number of carbonyl (C=O) groups excluding carboxylic acids is 1. The van der Waals surface area contributed by atoms with Crippen molar-refractivity contribution in [3.8, 4) is 5.88 Å². The maximum absolute atomic E-state index is 12.1. The first kappa shape index (κ1) is 13.8. The molecule has 0 spiro atoms. The lowest BCUT2D eigenvalue weighted by molar-refractivity contribution is 0.102. The second-order valence-electron chi connectivity index (χ2n) is 4.51. The third-order valence-electron chi connectivity index (χ3n) is 2.96. The standard InChI is InChI=1S/C14H14N4O2S/c19-13(18-14-16-4-1-5-17-14)10-2-6-15-12(8-10)20-11-3-7-21-9-11/h1-2,4-6,8,11H,3,7,9H2,(H,16,17,18,19). The number of rotatable bonds is 4. The first-order valence-electron chi connectivity index (χ1n) is 6.60. The van der Waals surface area contributed by atoms with Crippen LogP contribution in [-0.4, -0.2) is 38.5 Å². The molecule has 1 saturated heterocycles. The highest BCUT2D eigenvalue weighted by molar-refractivity contribution is 7.99. The molecule has 2 aromatic rings. The molecule has 1 aliphatic rings. The monoisotopic (exact) mass is 302 g/mol. The van der Waals surface area contributed by atoms with E-state index >= 15 is 0 Å². The minimum absolute atomic E-state index is 0.179. The second-order valence-corrected chi connectivity index (χ2v) is 5.66. The van der Waals surface area contributed by atoms with E-state index in [1.807, 2.05) is 11.8 Å². The first-order valence-corrected chi connectivity index (χ1v) is 7.75. The lowest BCUT2D eigenvalue weighted by Gasteiger charge is -2.11. The molecule has 7 heteroatoms. The summed E-state index contributed by atoms with van der Waals surface area (Å²) in [5.41, 5.74) is 0.470. The van der Waals surface area contributed by atoms with Crippen LogP contribution in [0.25, 0.3) is 0 Å². The minimum atomic E-state index is -0.283. The van der Waals surface area contributed by atoms with E-state index in [1.165, 1.54) is 0 Å². The summed E-state index contributed by atoms with van der Waals surface area (Å²) in [7, 11) is 0. The van der Waals surface area contributed by atoms with Crippen LogP contribution >= 0.6 is 11.8 Å². The summed E-state index contributed by atoms with van der Waals surface area (Å²) in [6, 6.07) is 4.96. The summed E-state index contributed by atoms with van der Waals surface area (Å²) < 4.78 is 5.77. The molecular formula is C14H14N4O2S. The second kappa shape index (κ2) is 6.53. The van der Waals surface area contributed by atoms with Crippen LogP contribution in [0, 0.1) is 0 Å². The third kappa shape index (κ3) is 3.69. The van der Waals surface area contributed by atoms with Crippen LogP contribution in [0.4, 0.5) is 5.95 Å². The zero-order valence-electron chi connectivity index (χ0n) is 11.2. The number of nitrogens with zero attached hydrogens (tertiary/aromatic N) is 3. The highest BCUT2D eigenvalue weighted by atomic mass is 32.2. The number of anilines is 1. The quantitative estimate of drug-likeness (QED) is 0.931. The number of ether oxygens (including phenoxy) is 1. The zero-order valence-corrected chi connectivity index (χ0v) is 12.0. The molecule has 0 radical (unpaired) electrons. The van der Waals surface area contributed by atoms with Crippen LogP contribution in [0.15, 0.2) is 36.8 Å². The van der Waals surface area contributed by atoms with Crippen LogP contribution in [-0.2, 0) is 0 Å². The third-order valence-corrected chi connectivity index (χ3v) is 4.10. The molecule has 0 saturated carbocycles. The molecule has 6 nitrogen and oxygen atoms in total. The molecular weight excluding hydrogens is 288 g/mol. The normalized spacial score (nSPS) is 17.4. The SMILES string of the molecule is O=C(Nc1ncccn1)c1ccnc(OC2CCSC2)c1. The maximum atomic E-state index is 12.1. The smallest absolute Gasteiger partial charge is 0.258 e. The Kier molecular flexibility index (Phi) is 4.30. The van der Waals surface area contributed by atoms with E-state index in [0.717, 1.165) is 17.9 Å². The van der Waals surface area contributed by atoms with Crippen molar-refractivity contribution in [2.45, 2.75) is 12.5 Å². The van der Waals surface area contributed by atoms with Crippen molar-refractivity contribution in [1.29, 1.82) is 0 Å². The van der Waals surface area contributed by atoms with Crippen molar-refractivity contribution in [2.75, 3.05) is 16.8 Å². The Morgan fingerprint density at radius 3 is 2.90 bits per heavy atom. The van der Waals surface area contributed by atoms with Crippen molar-refractivity contribution >= 4 is 23.6 Å². The molecule has 3 heterocycles. The molecule has 0 bridgehead atoms. The first-order chi connectivity index (χ1) is 10.3. The molecule has 0 aliphatic carbocycles. The molecule has 108 valence electrons. The maximum Gasteiger partial charge on any atom is 0.258 e. The van der Waals surface area contributed by atoms with Crippen molar-refractivity contribution in [3.63, 3.8) is 0 Å². The fraction of sp³-hybridized carbons (Fsp3) is 0.286. The minimum Gasteiger partial charge on any atom is -0.473 e. The largest absolute Gasteiger partial charge is 0.473 e. The van der Waals surface area contributed by atoms with Crippen molar-refractivity contribution in [2.24, 2.45) is 0 Å². The average molecular weight is 302 g/mol. The summed E-state index contributed by atoms with van der Waals surface area (Å²) in [6.07, 6.45) is 5.90. The molecule has 1 N–H and O–H groups in total. The van der Waals surface area contributed by atoms with Gasteiger partial charge in [0.25, 0.3) is 5.91 Å². The molecule has 3 rings (SSSR count). The number of pyridine rings is 1. The predicted molar refractivity (Wildman–Crippen MR) is 80.6 cm³/mol. The Hall–Kier alpha value is -2.15. The van der Waals surface area contributed by atoms with Crippen molar-refractivity contribution in [3.05, 3.63) is 42.4 Å². The Morgan fingerprint density at radius 1 is 1.29 bits per heavy atom. The molecule has 1 unspecified atom stereocenters. The zero-order chi connectivity index (χ0) is 14.5. The lowest BCUT2D eigenvalue weighted by Crippen LogP contribution is -2.17. The molecule has 2 aromatic heterocycles. The van der Waals surface area contributed by atoms with Gasteiger partial charge in [-0.15, -0.1) is 0 Å². The number of hydrogen-bond acceptors (Lipinski definition) is 6. The van der Waals surface area contributed by atoms with E-state index in [1.54, 1.807) is 36.8 Å². The van der Waals surface area contributed by atoms with Gasteiger partial charge in [-0.05, 0) is 24.3 Å². The van der Waals surface area contributed by atoms with Crippen molar-refractivity contribution in [1.82, 2.24) is 15.0 Å². The van der Waals surface area contributed by atoms with E-state index in [9.17, 15) is 4.79 Å². The van der Waals surface area contributed by atoms with Crippen LogP contribution in [0.3, 0.4) is 0 Å². The Morgan fingerprint density at radius 2 is 2.14 bits per heavy atom. The molecule has 1 aliphatic heterocycles. The van der Waals surface area contributed by atoms with Gasteiger partial charge in [-0.25, -0.2) is 15.0 Å². The number of nitrogens with one attached hydrogen (secondary N) is 1. The predicted octanol–water partition coefficient (Wildman–Crippen LogP) is 2.01.